The molecule has 2 aromatic carbocycles. The lowest BCUT2D eigenvalue weighted by Gasteiger charge is -2.21. The first-order valence-corrected chi connectivity index (χ1v) is 10.3. The molecule has 4 amide bonds. The number of urea groups is 1. The quantitative estimate of drug-likeness (QED) is 0.400. The average molecular weight is 459 g/mol. The predicted molar refractivity (Wildman–Crippen MR) is 120 cm³/mol. The number of benzene rings is 2. The number of carbonyl (C=O) groups excluding carboxylic acids is 3. The van der Waals surface area contributed by atoms with Crippen molar-refractivity contribution in [1.82, 2.24) is 20.8 Å². The zero-order valence-electron chi connectivity index (χ0n) is 18.1. The van der Waals surface area contributed by atoms with Crippen LogP contribution < -0.4 is 16.0 Å². The summed E-state index contributed by atoms with van der Waals surface area (Å²) >= 11 is 0. The van der Waals surface area contributed by atoms with E-state index in [1.54, 1.807) is 56.3 Å². The minimum absolute atomic E-state index is 0.106. The van der Waals surface area contributed by atoms with Gasteiger partial charge in [-0.2, -0.15) is 0 Å². The normalized spacial score (nSPS) is 17.5. The maximum absolute atomic E-state index is 14.4. The Labute approximate surface area is 192 Å². The molecule has 5 rings (SSSR count). The first-order chi connectivity index (χ1) is 16.3. The smallest absolute Gasteiger partial charge is 0.322 e. The molecule has 10 heteroatoms. The van der Waals surface area contributed by atoms with E-state index in [-0.39, 0.29) is 22.5 Å². The Morgan fingerprint density at radius 3 is 2.65 bits per heavy atom. The molecule has 1 aliphatic heterocycles. The number of nitrogens with one attached hydrogen (secondary N) is 3. The number of rotatable bonds is 4. The molecule has 1 aliphatic rings. The number of fused-ring (bicyclic) bond motifs is 1. The molecule has 170 valence electrons. The van der Waals surface area contributed by atoms with Crippen molar-refractivity contribution >= 4 is 34.6 Å². The van der Waals surface area contributed by atoms with E-state index >= 15 is 0 Å². The molecular formula is C24H18FN5O4. The molecule has 4 aromatic rings. The van der Waals surface area contributed by atoms with Gasteiger partial charge in [0.25, 0.3) is 17.5 Å². The average Bonchev–Trinajstić information content (AvgIpc) is 3.32. The summed E-state index contributed by atoms with van der Waals surface area (Å²) in [6, 6.07) is 13.5. The third kappa shape index (κ3) is 3.45. The lowest BCUT2D eigenvalue weighted by molar-refractivity contribution is -0.123. The number of anilines is 1. The molecule has 3 N–H and O–H groups in total. The van der Waals surface area contributed by atoms with Gasteiger partial charge in [0.15, 0.2) is 0 Å². The van der Waals surface area contributed by atoms with Crippen LogP contribution in [0.4, 0.5) is 14.9 Å². The van der Waals surface area contributed by atoms with Crippen molar-refractivity contribution in [1.29, 1.82) is 0 Å². The number of pyridine rings is 1. The molecule has 0 saturated carbocycles. The summed E-state index contributed by atoms with van der Waals surface area (Å²) in [6.07, 6.45) is 0. The fourth-order valence-electron chi connectivity index (χ4n) is 3.93. The van der Waals surface area contributed by atoms with Crippen LogP contribution in [0.5, 0.6) is 0 Å². The Morgan fingerprint density at radius 1 is 1.12 bits per heavy atom. The monoisotopic (exact) mass is 459 g/mol. The molecule has 1 saturated heterocycles. The van der Waals surface area contributed by atoms with Crippen LogP contribution in [0.15, 0.2) is 59.1 Å². The molecule has 1 unspecified atom stereocenters. The highest BCUT2D eigenvalue weighted by atomic mass is 19.1. The van der Waals surface area contributed by atoms with E-state index in [1.165, 1.54) is 12.1 Å². The van der Waals surface area contributed by atoms with Crippen LogP contribution in [-0.2, 0) is 10.3 Å². The van der Waals surface area contributed by atoms with Gasteiger partial charge in [0.1, 0.15) is 11.4 Å². The van der Waals surface area contributed by atoms with E-state index in [0.717, 1.165) is 0 Å². The highest BCUT2D eigenvalue weighted by Gasteiger charge is 2.43. The summed E-state index contributed by atoms with van der Waals surface area (Å²) in [6.45, 7) is 3.25. The standard InChI is InChI=1S/C24H18FN5O4/c1-12-19-16(11-18(27-21(19)34-30-12)15-8-3-4-9-17(15)25)20(31)26-14-7-5-6-13(10-14)24(2)22(32)28-23(33)29-24/h3-11H,1-2H3,(H,26,31)(H2,28,29,32,33). The molecule has 0 spiro atoms. The van der Waals surface area contributed by atoms with Gasteiger partial charge in [-0.25, -0.2) is 14.2 Å². The van der Waals surface area contributed by atoms with Crippen LogP contribution in [0.2, 0.25) is 0 Å². The number of aromatic nitrogens is 2. The molecule has 0 aliphatic carbocycles. The lowest BCUT2D eigenvalue weighted by Crippen LogP contribution is -2.40. The van der Waals surface area contributed by atoms with Gasteiger partial charge < -0.3 is 15.2 Å². The van der Waals surface area contributed by atoms with E-state index < -0.39 is 29.2 Å². The van der Waals surface area contributed by atoms with E-state index in [1.807, 2.05) is 0 Å². The van der Waals surface area contributed by atoms with Crippen LogP contribution >= 0.6 is 0 Å². The van der Waals surface area contributed by atoms with Crippen molar-refractivity contribution in [2.24, 2.45) is 0 Å². The Balaban J connectivity index is 1.54. The van der Waals surface area contributed by atoms with Gasteiger partial charge in [-0.15, -0.1) is 0 Å². The minimum atomic E-state index is -1.27. The Morgan fingerprint density at radius 2 is 1.91 bits per heavy atom. The molecule has 1 atom stereocenters. The molecule has 1 fully saturated rings. The number of amides is 4. The third-order valence-electron chi connectivity index (χ3n) is 5.75. The Hall–Kier alpha value is -4.60. The second-order valence-electron chi connectivity index (χ2n) is 8.05. The number of nitrogens with zero attached hydrogens (tertiary/aromatic N) is 2. The third-order valence-corrected chi connectivity index (χ3v) is 5.75. The van der Waals surface area contributed by atoms with Crippen molar-refractivity contribution in [2.45, 2.75) is 19.4 Å². The Bertz CT molecular complexity index is 1500. The fraction of sp³-hybridized carbons (Fsp3) is 0.125. The van der Waals surface area contributed by atoms with Gasteiger partial charge in [-0.05, 0) is 49.7 Å². The van der Waals surface area contributed by atoms with Crippen molar-refractivity contribution in [2.75, 3.05) is 5.32 Å². The lowest BCUT2D eigenvalue weighted by atomic mass is 9.92. The molecule has 2 aromatic heterocycles. The molecule has 34 heavy (non-hydrogen) atoms. The van der Waals surface area contributed by atoms with E-state index in [9.17, 15) is 18.8 Å². The number of carbonyl (C=O) groups is 3. The number of hydrogen-bond donors (Lipinski definition) is 3. The second-order valence-corrected chi connectivity index (χ2v) is 8.05. The minimum Gasteiger partial charge on any atom is -0.335 e. The van der Waals surface area contributed by atoms with Crippen molar-refractivity contribution in [3.8, 4) is 11.3 Å². The van der Waals surface area contributed by atoms with Crippen molar-refractivity contribution in [3.63, 3.8) is 0 Å². The Kier molecular flexibility index (Phi) is 4.85. The van der Waals surface area contributed by atoms with Gasteiger partial charge in [-0.3, -0.25) is 14.9 Å². The van der Waals surface area contributed by atoms with Crippen LogP contribution in [-0.4, -0.2) is 28.0 Å². The fourth-order valence-corrected chi connectivity index (χ4v) is 3.93. The summed E-state index contributed by atoms with van der Waals surface area (Å²) in [4.78, 5) is 41.6. The molecule has 0 radical (unpaired) electrons. The van der Waals surface area contributed by atoms with E-state index in [4.69, 9.17) is 4.52 Å². The maximum atomic E-state index is 14.4. The van der Waals surface area contributed by atoms with Crippen molar-refractivity contribution in [3.05, 3.63) is 77.2 Å². The first-order valence-electron chi connectivity index (χ1n) is 10.3. The summed E-state index contributed by atoms with van der Waals surface area (Å²) in [5, 5.41) is 11.9. The molecule has 3 heterocycles. The van der Waals surface area contributed by atoms with Crippen LogP contribution in [0.1, 0.15) is 28.5 Å². The van der Waals surface area contributed by atoms with Crippen LogP contribution in [0.3, 0.4) is 0 Å². The highest BCUT2D eigenvalue weighted by molar-refractivity contribution is 6.13. The summed E-state index contributed by atoms with van der Waals surface area (Å²) in [5.74, 6) is -1.49. The number of imide groups is 1. The zero-order chi connectivity index (χ0) is 24.0. The van der Waals surface area contributed by atoms with Gasteiger partial charge >= 0.3 is 6.03 Å². The molecular weight excluding hydrogens is 441 g/mol. The van der Waals surface area contributed by atoms with Gasteiger partial charge in [-0.1, -0.05) is 29.4 Å². The topological polar surface area (TPSA) is 126 Å². The SMILES string of the molecule is Cc1noc2nc(-c3ccccc3F)cc(C(=O)Nc3cccc(C4(C)NC(=O)NC4=O)c3)c12. The first kappa shape index (κ1) is 21.3. The molecule has 0 bridgehead atoms. The van der Waals surface area contributed by atoms with E-state index in [2.05, 4.69) is 26.1 Å². The maximum Gasteiger partial charge on any atom is 0.322 e. The highest BCUT2D eigenvalue weighted by Crippen LogP contribution is 2.30. The van der Waals surface area contributed by atoms with E-state index in [0.29, 0.717) is 22.3 Å². The van der Waals surface area contributed by atoms with Crippen LogP contribution in [0, 0.1) is 12.7 Å². The van der Waals surface area contributed by atoms with Crippen molar-refractivity contribution < 1.29 is 23.3 Å². The zero-order valence-corrected chi connectivity index (χ0v) is 18.1. The second kappa shape index (κ2) is 7.77. The number of halogens is 1. The van der Waals surface area contributed by atoms with Gasteiger partial charge in [0.2, 0.25) is 0 Å². The molecule has 9 nitrogen and oxygen atoms in total. The largest absolute Gasteiger partial charge is 0.335 e. The summed E-state index contributed by atoms with van der Waals surface area (Å²) in [7, 11) is 0. The van der Waals surface area contributed by atoms with Crippen LogP contribution in [0.25, 0.3) is 22.4 Å². The number of aryl methyl sites for hydroxylation is 1. The number of hydrogen-bond acceptors (Lipinski definition) is 6. The van der Waals surface area contributed by atoms with Gasteiger partial charge in [0.05, 0.1) is 22.3 Å². The summed E-state index contributed by atoms with van der Waals surface area (Å²) in [5.41, 5.74) is 0.805. The summed E-state index contributed by atoms with van der Waals surface area (Å²) < 4.78 is 19.7. The predicted octanol–water partition coefficient (Wildman–Crippen LogP) is 3.64. The van der Waals surface area contributed by atoms with Gasteiger partial charge in [0, 0.05) is 11.3 Å².